The summed E-state index contributed by atoms with van der Waals surface area (Å²) in [4.78, 5) is 12.1. The Kier molecular flexibility index (Phi) is 3.25. The van der Waals surface area contributed by atoms with Gasteiger partial charge in [0.05, 0.1) is 24.6 Å². The summed E-state index contributed by atoms with van der Waals surface area (Å²) in [5, 5.41) is 22.4. The molecule has 1 aromatic rings. The van der Waals surface area contributed by atoms with Gasteiger partial charge in [-0.15, -0.1) is 0 Å². The third kappa shape index (κ3) is 2.07. The number of fused-ring (bicyclic) bond motifs is 2. The highest BCUT2D eigenvalue weighted by Gasteiger charge is 2.52. The van der Waals surface area contributed by atoms with E-state index in [1.165, 1.54) is 0 Å². The Morgan fingerprint density at radius 3 is 2.86 bits per heavy atom. The number of carbonyl (C=O) groups excluding carboxylic acids is 1. The highest BCUT2D eigenvalue weighted by atomic mass is 16.7. The van der Waals surface area contributed by atoms with Crippen LogP contribution in [0.15, 0.2) is 23.3 Å². The number of nitrogens with zero attached hydrogens (tertiary/aromatic N) is 2. The van der Waals surface area contributed by atoms with Crippen molar-refractivity contribution in [2.75, 3.05) is 24.0 Å². The number of amides is 1. The van der Waals surface area contributed by atoms with Gasteiger partial charge in [0.15, 0.2) is 5.84 Å². The summed E-state index contributed by atoms with van der Waals surface area (Å²) in [5.74, 6) is -2.23. The SMILES string of the molecule is N#C/C(=N\Nc1ccc2c(c1)C1(OCCO1)C(=O)N2)C(=N)N. The lowest BCUT2D eigenvalue weighted by Crippen LogP contribution is -2.35. The predicted molar refractivity (Wildman–Crippen MR) is 77.2 cm³/mol. The van der Waals surface area contributed by atoms with E-state index in [1.54, 1.807) is 24.3 Å². The normalized spacial score (nSPS) is 18.7. The molecule has 2 aliphatic rings. The fraction of sp³-hybridized carbons (Fsp3) is 0.231. The largest absolute Gasteiger partial charge is 0.382 e. The molecular weight excluding hydrogens is 288 g/mol. The van der Waals surface area contributed by atoms with Gasteiger partial charge in [0.2, 0.25) is 5.71 Å². The molecule has 1 spiro atoms. The molecule has 2 heterocycles. The molecule has 0 aromatic heterocycles. The number of nitrogens with one attached hydrogen (secondary N) is 3. The number of hydrogen-bond donors (Lipinski definition) is 4. The third-order valence-corrected chi connectivity index (χ3v) is 3.27. The van der Waals surface area contributed by atoms with Gasteiger partial charge in [-0.25, -0.2) is 0 Å². The van der Waals surface area contributed by atoms with E-state index < -0.39 is 11.6 Å². The van der Waals surface area contributed by atoms with Gasteiger partial charge in [0, 0.05) is 5.56 Å². The molecule has 0 saturated carbocycles. The van der Waals surface area contributed by atoms with Crippen molar-refractivity contribution < 1.29 is 14.3 Å². The zero-order valence-electron chi connectivity index (χ0n) is 11.3. The summed E-state index contributed by atoms with van der Waals surface area (Å²) in [6, 6.07) is 6.67. The summed E-state index contributed by atoms with van der Waals surface area (Å²) < 4.78 is 11.0. The second-order valence-corrected chi connectivity index (χ2v) is 4.63. The number of amidine groups is 1. The van der Waals surface area contributed by atoms with Gasteiger partial charge < -0.3 is 20.5 Å². The highest BCUT2D eigenvalue weighted by Crippen LogP contribution is 2.43. The molecule has 1 aromatic carbocycles. The number of hydrogen-bond acceptors (Lipinski definition) is 7. The van der Waals surface area contributed by atoms with E-state index in [-0.39, 0.29) is 11.6 Å². The van der Waals surface area contributed by atoms with Gasteiger partial charge in [-0.2, -0.15) is 10.4 Å². The van der Waals surface area contributed by atoms with Crippen LogP contribution in [-0.4, -0.2) is 30.7 Å². The van der Waals surface area contributed by atoms with Crippen LogP contribution >= 0.6 is 0 Å². The smallest absolute Gasteiger partial charge is 0.289 e. The molecule has 112 valence electrons. The molecule has 0 atom stereocenters. The fourth-order valence-corrected chi connectivity index (χ4v) is 2.29. The summed E-state index contributed by atoms with van der Waals surface area (Å²) in [6.45, 7) is 0.650. The first-order chi connectivity index (χ1) is 10.6. The van der Waals surface area contributed by atoms with Crippen molar-refractivity contribution >= 4 is 28.8 Å². The number of anilines is 2. The molecule has 3 rings (SSSR count). The molecule has 0 aliphatic carbocycles. The first-order valence-electron chi connectivity index (χ1n) is 6.39. The molecule has 9 nitrogen and oxygen atoms in total. The highest BCUT2D eigenvalue weighted by molar-refractivity contribution is 6.45. The maximum Gasteiger partial charge on any atom is 0.289 e. The molecule has 2 aliphatic heterocycles. The number of ether oxygens (including phenoxy) is 2. The Hall–Kier alpha value is -2.96. The number of rotatable bonds is 3. The summed E-state index contributed by atoms with van der Waals surface area (Å²) in [6.07, 6.45) is 0. The Balaban J connectivity index is 1.92. The van der Waals surface area contributed by atoms with Gasteiger partial charge >= 0.3 is 0 Å². The van der Waals surface area contributed by atoms with Crippen LogP contribution in [0, 0.1) is 16.7 Å². The second-order valence-electron chi connectivity index (χ2n) is 4.63. The van der Waals surface area contributed by atoms with Crippen LogP contribution in [0.1, 0.15) is 5.56 Å². The van der Waals surface area contributed by atoms with Crippen LogP contribution in [0.3, 0.4) is 0 Å². The van der Waals surface area contributed by atoms with E-state index in [2.05, 4.69) is 15.8 Å². The van der Waals surface area contributed by atoms with Crippen molar-refractivity contribution in [3.8, 4) is 6.07 Å². The molecular formula is C13H12N6O3. The lowest BCUT2D eigenvalue weighted by atomic mass is 10.1. The average Bonchev–Trinajstić information content (AvgIpc) is 3.08. The first kappa shape index (κ1) is 14.0. The Morgan fingerprint density at radius 2 is 2.23 bits per heavy atom. The third-order valence-electron chi connectivity index (χ3n) is 3.27. The van der Waals surface area contributed by atoms with Crippen LogP contribution in [-0.2, 0) is 20.1 Å². The van der Waals surface area contributed by atoms with Gasteiger partial charge in [-0.3, -0.25) is 15.6 Å². The van der Waals surface area contributed by atoms with Crippen LogP contribution in [0.2, 0.25) is 0 Å². The van der Waals surface area contributed by atoms with E-state index >= 15 is 0 Å². The number of benzene rings is 1. The molecule has 0 unspecified atom stereocenters. The molecule has 0 bridgehead atoms. The number of carbonyl (C=O) groups is 1. The molecule has 1 saturated heterocycles. The molecule has 22 heavy (non-hydrogen) atoms. The average molecular weight is 300 g/mol. The minimum absolute atomic E-state index is 0.238. The zero-order chi connectivity index (χ0) is 15.7. The standard InChI is InChI=1S/C13H12N6O3/c14-6-10(11(15)16)19-18-7-1-2-9-8(5-7)13(12(20)17-9)21-3-4-22-13/h1-2,5,18H,3-4H2,(H3,15,16)(H,17,20)/b19-10+. The van der Waals surface area contributed by atoms with E-state index in [1.807, 2.05) is 0 Å². The van der Waals surface area contributed by atoms with Crippen molar-refractivity contribution in [3.05, 3.63) is 23.8 Å². The van der Waals surface area contributed by atoms with Gasteiger partial charge in [0.1, 0.15) is 6.07 Å². The lowest BCUT2D eigenvalue weighted by molar-refractivity contribution is -0.178. The maximum atomic E-state index is 12.1. The summed E-state index contributed by atoms with van der Waals surface area (Å²) in [7, 11) is 0. The molecule has 0 radical (unpaired) electrons. The monoisotopic (exact) mass is 300 g/mol. The van der Waals surface area contributed by atoms with Crippen molar-refractivity contribution in [2.24, 2.45) is 10.8 Å². The fourth-order valence-electron chi connectivity index (χ4n) is 2.29. The Bertz CT molecular complexity index is 730. The van der Waals surface area contributed by atoms with Crippen LogP contribution in [0.5, 0.6) is 0 Å². The molecule has 1 amide bonds. The van der Waals surface area contributed by atoms with E-state index in [9.17, 15) is 4.79 Å². The van der Waals surface area contributed by atoms with Crippen LogP contribution < -0.4 is 16.5 Å². The molecule has 5 N–H and O–H groups in total. The topological polar surface area (TPSA) is 146 Å². The number of nitrogens with two attached hydrogens (primary N) is 1. The van der Waals surface area contributed by atoms with Gasteiger partial charge in [-0.1, -0.05) is 0 Å². The Morgan fingerprint density at radius 1 is 1.50 bits per heavy atom. The number of nitriles is 1. The zero-order valence-corrected chi connectivity index (χ0v) is 11.3. The molecule has 1 fully saturated rings. The van der Waals surface area contributed by atoms with Crippen molar-refractivity contribution in [2.45, 2.75) is 5.79 Å². The number of hydrazone groups is 1. The van der Waals surface area contributed by atoms with E-state index in [0.717, 1.165) is 0 Å². The van der Waals surface area contributed by atoms with E-state index in [0.29, 0.717) is 30.2 Å². The van der Waals surface area contributed by atoms with Crippen LogP contribution in [0.4, 0.5) is 11.4 Å². The summed E-state index contributed by atoms with van der Waals surface area (Å²) in [5.41, 5.74) is 9.23. The van der Waals surface area contributed by atoms with Gasteiger partial charge in [-0.05, 0) is 18.2 Å². The summed E-state index contributed by atoms with van der Waals surface area (Å²) >= 11 is 0. The Labute approximate surface area is 125 Å². The van der Waals surface area contributed by atoms with Gasteiger partial charge in [0.25, 0.3) is 11.7 Å². The first-order valence-corrected chi connectivity index (χ1v) is 6.39. The maximum absolute atomic E-state index is 12.1. The van der Waals surface area contributed by atoms with Crippen molar-refractivity contribution in [3.63, 3.8) is 0 Å². The quantitative estimate of drug-likeness (QED) is 0.353. The van der Waals surface area contributed by atoms with E-state index in [4.69, 9.17) is 25.9 Å². The minimum Gasteiger partial charge on any atom is -0.382 e. The lowest BCUT2D eigenvalue weighted by Gasteiger charge is -2.19. The minimum atomic E-state index is -1.42. The van der Waals surface area contributed by atoms with Crippen LogP contribution in [0.25, 0.3) is 0 Å². The van der Waals surface area contributed by atoms with Crippen molar-refractivity contribution in [1.29, 1.82) is 10.7 Å². The molecule has 9 heteroatoms. The predicted octanol–water partition coefficient (Wildman–Crippen LogP) is 0.0657. The second kappa shape index (κ2) is 5.10. The van der Waals surface area contributed by atoms with Crippen molar-refractivity contribution in [1.82, 2.24) is 0 Å².